The Bertz CT molecular complexity index is 1300. The van der Waals surface area contributed by atoms with Crippen molar-refractivity contribution in [2.45, 2.75) is 37.9 Å². The second kappa shape index (κ2) is 7.09. The van der Waals surface area contributed by atoms with Crippen LogP contribution in [0.5, 0.6) is 0 Å². The average molecular weight is 439 g/mol. The number of imidazole rings is 1. The van der Waals surface area contributed by atoms with E-state index in [0.29, 0.717) is 33.9 Å². The van der Waals surface area contributed by atoms with Crippen molar-refractivity contribution in [3.05, 3.63) is 82.5 Å². The van der Waals surface area contributed by atoms with E-state index >= 15 is 0 Å². The third-order valence-corrected chi connectivity index (χ3v) is 6.01. The molecule has 4 aromatic rings. The van der Waals surface area contributed by atoms with E-state index in [0.717, 1.165) is 11.3 Å². The lowest BCUT2D eigenvalue weighted by Gasteiger charge is -2.16. The Morgan fingerprint density at radius 1 is 1.19 bits per heavy atom. The van der Waals surface area contributed by atoms with Crippen molar-refractivity contribution >= 4 is 17.2 Å². The van der Waals surface area contributed by atoms with Gasteiger partial charge in [0.15, 0.2) is 5.82 Å². The summed E-state index contributed by atoms with van der Waals surface area (Å²) in [7, 11) is 0. The molecule has 31 heavy (non-hydrogen) atoms. The maximum absolute atomic E-state index is 14.9. The molecule has 0 saturated heterocycles. The molecule has 0 fully saturated rings. The van der Waals surface area contributed by atoms with Crippen LogP contribution in [-0.2, 0) is 5.60 Å². The third-order valence-electron chi connectivity index (χ3n) is 5.67. The van der Waals surface area contributed by atoms with Crippen LogP contribution in [0.25, 0.3) is 16.8 Å². The van der Waals surface area contributed by atoms with Gasteiger partial charge in [-0.2, -0.15) is 0 Å². The van der Waals surface area contributed by atoms with Crippen LogP contribution in [0.3, 0.4) is 0 Å². The normalized spacial score (nSPS) is 18.5. The van der Waals surface area contributed by atoms with Crippen molar-refractivity contribution in [1.82, 2.24) is 19.4 Å². The van der Waals surface area contributed by atoms with E-state index in [1.165, 1.54) is 18.5 Å². The van der Waals surface area contributed by atoms with Crippen molar-refractivity contribution in [3.8, 4) is 11.1 Å². The molecule has 0 amide bonds. The molecule has 0 saturated carbocycles. The second-order valence-electron chi connectivity index (χ2n) is 8.33. The summed E-state index contributed by atoms with van der Waals surface area (Å²) < 4.78 is 16.7. The van der Waals surface area contributed by atoms with E-state index in [-0.39, 0.29) is 11.7 Å². The number of aliphatic hydroxyl groups is 2. The molecule has 1 aliphatic carbocycles. The van der Waals surface area contributed by atoms with E-state index < -0.39 is 17.5 Å². The zero-order valence-corrected chi connectivity index (χ0v) is 17.7. The highest BCUT2D eigenvalue weighted by Gasteiger charge is 2.37. The van der Waals surface area contributed by atoms with Crippen LogP contribution >= 0.6 is 11.6 Å². The highest BCUT2D eigenvalue weighted by atomic mass is 35.5. The molecule has 3 heterocycles. The van der Waals surface area contributed by atoms with E-state index in [1.807, 2.05) is 28.7 Å². The van der Waals surface area contributed by atoms with Crippen molar-refractivity contribution in [2.24, 2.45) is 0 Å². The fourth-order valence-corrected chi connectivity index (χ4v) is 4.43. The van der Waals surface area contributed by atoms with Gasteiger partial charge in [0.05, 0.1) is 17.5 Å². The molecule has 6 nitrogen and oxygen atoms in total. The SMILES string of the molecule is CC(C)(O)c1ncc(-c2cn3c4c(nc3cc2F)C(O)CC4c2ccccc2Cl)cn1. The van der Waals surface area contributed by atoms with Gasteiger partial charge in [0, 0.05) is 46.7 Å². The third kappa shape index (κ3) is 3.29. The summed E-state index contributed by atoms with van der Waals surface area (Å²) in [6.07, 6.45) is 4.34. The quantitative estimate of drug-likeness (QED) is 0.496. The Hall–Kier alpha value is -2.87. The minimum atomic E-state index is -1.19. The molecule has 2 unspecified atom stereocenters. The van der Waals surface area contributed by atoms with Gasteiger partial charge in [-0.1, -0.05) is 29.8 Å². The summed E-state index contributed by atoms with van der Waals surface area (Å²) in [6, 6.07) is 8.85. The Balaban J connectivity index is 1.67. The number of hydrogen-bond acceptors (Lipinski definition) is 5. The van der Waals surface area contributed by atoms with Crippen molar-refractivity contribution in [3.63, 3.8) is 0 Å². The van der Waals surface area contributed by atoms with Gasteiger partial charge in [0.2, 0.25) is 0 Å². The maximum Gasteiger partial charge on any atom is 0.159 e. The Morgan fingerprint density at radius 2 is 1.90 bits per heavy atom. The summed E-state index contributed by atoms with van der Waals surface area (Å²) in [5.74, 6) is -0.386. The summed E-state index contributed by atoms with van der Waals surface area (Å²) in [6.45, 7) is 3.17. The molecule has 2 N–H and O–H groups in total. The van der Waals surface area contributed by atoms with Crippen LogP contribution in [0.4, 0.5) is 4.39 Å². The van der Waals surface area contributed by atoms with Crippen molar-refractivity contribution < 1.29 is 14.6 Å². The topological polar surface area (TPSA) is 83.5 Å². The standard InChI is InChI=1S/C23H20ClFN4O2/c1-23(2,31)22-26-9-12(10-27-22)15-11-29-19(8-17(15)25)28-20-18(30)7-14(21(20)29)13-5-3-4-6-16(13)24/h3-6,8-11,14,18,30-31H,7H2,1-2H3. The van der Waals surface area contributed by atoms with Gasteiger partial charge in [0.25, 0.3) is 0 Å². The molecule has 1 aromatic carbocycles. The molecule has 2 atom stereocenters. The predicted octanol–water partition coefficient (Wildman–Crippen LogP) is 4.38. The maximum atomic E-state index is 14.9. The fraction of sp³-hybridized carbons (Fsp3) is 0.261. The molecule has 3 aromatic heterocycles. The number of fused-ring (bicyclic) bond motifs is 3. The van der Waals surface area contributed by atoms with Crippen LogP contribution in [0.2, 0.25) is 5.02 Å². The lowest BCUT2D eigenvalue weighted by Crippen LogP contribution is -2.19. The molecule has 0 aliphatic heterocycles. The van der Waals surface area contributed by atoms with Gasteiger partial charge in [-0.15, -0.1) is 0 Å². The monoisotopic (exact) mass is 438 g/mol. The highest BCUT2D eigenvalue weighted by molar-refractivity contribution is 6.31. The predicted molar refractivity (Wildman–Crippen MR) is 114 cm³/mol. The van der Waals surface area contributed by atoms with E-state index in [1.54, 1.807) is 20.0 Å². The zero-order valence-electron chi connectivity index (χ0n) is 16.9. The van der Waals surface area contributed by atoms with Crippen LogP contribution in [0, 0.1) is 5.82 Å². The summed E-state index contributed by atoms with van der Waals surface area (Å²) >= 11 is 6.43. The van der Waals surface area contributed by atoms with Gasteiger partial charge >= 0.3 is 0 Å². The minimum absolute atomic E-state index is 0.166. The molecular formula is C23H20ClFN4O2. The first-order chi connectivity index (χ1) is 14.7. The number of pyridine rings is 1. The summed E-state index contributed by atoms with van der Waals surface area (Å²) in [5.41, 5.74) is 2.23. The highest BCUT2D eigenvalue weighted by Crippen LogP contribution is 2.46. The minimum Gasteiger partial charge on any atom is -0.387 e. The lowest BCUT2D eigenvalue weighted by molar-refractivity contribution is 0.0687. The Labute approximate surface area is 183 Å². The molecular weight excluding hydrogens is 419 g/mol. The number of aromatic nitrogens is 4. The van der Waals surface area contributed by atoms with Gasteiger partial charge in [0.1, 0.15) is 17.1 Å². The van der Waals surface area contributed by atoms with Gasteiger partial charge in [-0.05, 0) is 31.9 Å². The van der Waals surface area contributed by atoms with E-state index in [9.17, 15) is 14.6 Å². The molecule has 158 valence electrons. The van der Waals surface area contributed by atoms with Gasteiger partial charge in [-0.25, -0.2) is 19.3 Å². The number of hydrogen-bond donors (Lipinski definition) is 2. The smallest absolute Gasteiger partial charge is 0.159 e. The summed E-state index contributed by atoms with van der Waals surface area (Å²) in [5, 5.41) is 21.3. The zero-order chi connectivity index (χ0) is 21.9. The molecule has 0 radical (unpaired) electrons. The largest absolute Gasteiger partial charge is 0.387 e. The molecule has 0 bridgehead atoms. The first-order valence-electron chi connectivity index (χ1n) is 9.93. The van der Waals surface area contributed by atoms with E-state index in [4.69, 9.17) is 11.6 Å². The number of benzene rings is 1. The molecule has 5 rings (SSSR count). The van der Waals surface area contributed by atoms with Gasteiger partial charge in [-0.3, -0.25) is 0 Å². The Morgan fingerprint density at radius 3 is 2.58 bits per heavy atom. The van der Waals surface area contributed by atoms with Crippen LogP contribution in [0.1, 0.15) is 55.1 Å². The molecule has 0 spiro atoms. The van der Waals surface area contributed by atoms with Crippen LogP contribution in [0.15, 0.2) is 48.9 Å². The van der Waals surface area contributed by atoms with Crippen LogP contribution < -0.4 is 0 Å². The number of nitrogens with zero attached hydrogens (tertiary/aromatic N) is 4. The van der Waals surface area contributed by atoms with Gasteiger partial charge < -0.3 is 14.6 Å². The first-order valence-corrected chi connectivity index (χ1v) is 10.3. The average Bonchev–Trinajstić information content (AvgIpc) is 3.24. The Kier molecular flexibility index (Phi) is 4.58. The fourth-order valence-electron chi connectivity index (χ4n) is 4.17. The van der Waals surface area contributed by atoms with Crippen molar-refractivity contribution in [2.75, 3.05) is 0 Å². The van der Waals surface area contributed by atoms with Crippen molar-refractivity contribution in [1.29, 1.82) is 0 Å². The lowest BCUT2D eigenvalue weighted by atomic mass is 9.96. The second-order valence-corrected chi connectivity index (χ2v) is 8.73. The molecule has 1 aliphatic rings. The number of halogens is 2. The van der Waals surface area contributed by atoms with Crippen LogP contribution in [-0.4, -0.2) is 29.6 Å². The number of rotatable bonds is 3. The van der Waals surface area contributed by atoms with E-state index in [2.05, 4.69) is 15.0 Å². The number of aliphatic hydroxyl groups excluding tert-OH is 1. The molecule has 8 heteroatoms. The summed E-state index contributed by atoms with van der Waals surface area (Å²) in [4.78, 5) is 12.9. The first kappa shape index (κ1) is 20.1.